The van der Waals surface area contributed by atoms with Gasteiger partial charge in [0.15, 0.2) is 5.82 Å². The van der Waals surface area contributed by atoms with Crippen molar-refractivity contribution in [2.45, 2.75) is 38.8 Å². The van der Waals surface area contributed by atoms with Crippen LogP contribution in [0.5, 0.6) is 11.5 Å². The molecule has 0 aliphatic carbocycles. The normalized spacial score (nSPS) is 20.1. The highest BCUT2D eigenvalue weighted by Crippen LogP contribution is 2.30. The largest absolute Gasteiger partial charge is 0.494 e. The molecule has 0 radical (unpaired) electrons. The highest BCUT2D eigenvalue weighted by molar-refractivity contribution is 5.92. The van der Waals surface area contributed by atoms with E-state index in [0.29, 0.717) is 43.9 Å². The van der Waals surface area contributed by atoms with Gasteiger partial charge in [0.05, 0.1) is 38.0 Å². The molecule has 9 heteroatoms. The molecule has 0 bridgehead atoms. The molecule has 0 saturated carbocycles. The average molecular weight is 506 g/mol. The van der Waals surface area contributed by atoms with Crippen molar-refractivity contribution in [2.75, 3.05) is 51.4 Å². The molecule has 2 atom stereocenters. The summed E-state index contributed by atoms with van der Waals surface area (Å²) in [5.41, 5.74) is 1.68. The van der Waals surface area contributed by atoms with Gasteiger partial charge in [0.2, 0.25) is 5.91 Å². The Balaban J connectivity index is 1.33. The van der Waals surface area contributed by atoms with E-state index in [1.165, 1.54) is 0 Å². The first-order chi connectivity index (χ1) is 18.1. The third-order valence-electron chi connectivity index (χ3n) is 6.75. The molecule has 196 valence electrons. The lowest BCUT2D eigenvalue weighted by Crippen LogP contribution is -2.44. The van der Waals surface area contributed by atoms with E-state index < -0.39 is 0 Å². The minimum atomic E-state index is -0.0296. The van der Waals surface area contributed by atoms with Gasteiger partial charge in [-0.1, -0.05) is 12.1 Å². The first-order valence-electron chi connectivity index (χ1n) is 13.1. The van der Waals surface area contributed by atoms with Crippen LogP contribution in [0.15, 0.2) is 42.5 Å². The van der Waals surface area contributed by atoms with Gasteiger partial charge in [-0.05, 0) is 50.6 Å². The van der Waals surface area contributed by atoms with Crippen molar-refractivity contribution in [1.29, 1.82) is 0 Å². The summed E-state index contributed by atoms with van der Waals surface area (Å²) in [4.78, 5) is 23.9. The number of rotatable bonds is 10. The maximum atomic E-state index is 11.8. The summed E-state index contributed by atoms with van der Waals surface area (Å²) >= 11 is 0. The van der Waals surface area contributed by atoms with Crippen LogP contribution in [0.25, 0.3) is 22.3 Å². The molecule has 3 aromatic rings. The van der Waals surface area contributed by atoms with Crippen LogP contribution < -0.4 is 20.1 Å². The molecule has 2 saturated heterocycles. The fourth-order valence-electron chi connectivity index (χ4n) is 4.78. The molecule has 0 spiro atoms. The molecule has 9 nitrogen and oxygen atoms in total. The van der Waals surface area contributed by atoms with Crippen molar-refractivity contribution in [3.8, 4) is 22.9 Å². The van der Waals surface area contributed by atoms with Crippen LogP contribution in [0.3, 0.4) is 0 Å². The molecule has 2 aliphatic heterocycles. The molecule has 2 aliphatic rings. The number of hydrogen-bond acceptors (Lipinski definition) is 8. The number of ether oxygens (including phenoxy) is 3. The first-order valence-corrected chi connectivity index (χ1v) is 13.1. The van der Waals surface area contributed by atoms with Crippen LogP contribution in [0, 0.1) is 0 Å². The monoisotopic (exact) mass is 505 g/mol. The van der Waals surface area contributed by atoms with Crippen molar-refractivity contribution >= 4 is 22.6 Å². The van der Waals surface area contributed by atoms with Crippen molar-refractivity contribution in [3.05, 3.63) is 42.5 Å². The highest BCUT2D eigenvalue weighted by Gasteiger charge is 2.23. The SMILES string of the molecule is CCOc1ccc2nc(-c3cccc(OCCCN4CCOCC4C)c3)nc(NC3CNC(=O)C3)c2c1. The number of nitrogens with zero attached hydrogens (tertiary/aromatic N) is 3. The van der Waals surface area contributed by atoms with Crippen LogP contribution >= 0.6 is 0 Å². The molecular formula is C28H35N5O4. The number of hydrogen-bond donors (Lipinski definition) is 2. The van der Waals surface area contributed by atoms with Crippen LogP contribution in [-0.4, -0.2) is 78.9 Å². The first kappa shape index (κ1) is 25.2. The highest BCUT2D eigenvalue weighted by atomic mass is 16.5. The van der Waals surface area contributed by atoms with E-state index in [1.807, 2.05) is 49.4 Å². The summed E-state index contributed by atoms with van der Waals surface area (Å²) in [6.07, 6.45) is 1.37. The van der Waals surface area contributed by atoms with E-state index in [2.05, 4.69) is 22.5 Å². The smallest absolute Gasteiger partial charge is 0.222 e. The summed E-state index contributed by atoms with van der Waals surface area (Å²) in [6, 6.07) is 14.1. The number of nitrogens with one attached hydrogen (secondary N) is 2. The van der Waals surface area contributed by atoms with Gasteiger partial charge in [-0.3, -0.25) is 9.69 Å². The lowest BCUT2D eigenvalue weighted by atomic mass is 10.1. The summed E-state index contributed by atoms with van der Waals surface area (Å²) < 4.78 is 17.3. The molecule has 2 aromatic carbocycles. The maximum absolute atomic E-state index is 11.8. The van der Waals surface area contributed by atoms with Gasteiger partial charge in [0.25, 0.3) is 0 Å². The predicted octanol–water partition coefficient (Wildman–Crippen LogP) is 3.49. The Morgan fingerprint density at radius 1 is 1.16 bits per heavy atom. The van der Waals surface area contributed by atoms with Crippen molar-refractivity contribution in [3.63, 3.8) is 0 Å². The number of morpholine rings is 1. The third kappa shape index (κ3) is 6.29. The number of carbonyl (C=O) groups is 1. The van der Waals surface area contributed by atoms with Gasteiger partial charge in [-0.25, -0.2) is 9.97 Å². The van der Waals surface area contributed by atoms with Gasteiger partial charge in [-0.15, -0.1) is 0 Å². The van der Waals surface area contributed by atoms with Crippen LogP contribution in [0.4, 0.5) is 5.82 Å². The van der Waals surface area contributed by atoms with Gasteiger partial charge in [0.1, 0.15) is 17.3 Å². The zero-order chi connectivity index (χ0) is 25.6. The number of amides is 1. The van der Waals surface area contributed by atoms with Crippen molar-refractivity contribution < 1.29 is 19.0 Å². The van der Waals surface area contributed by atoms with E-state index in [9.17, 15) is 4.79 Å². The van der Waals surface area contributed by atoms with Crippen LogP contribution in [-0.2, 0) is 9.53 Å². The summed E-state index contributed by atoms with van der Waals surface area (Å²) in [5.74, 6) is 2.89. The quantitative estimate of drug-likeness (QED) is 0.404. The summed E-state index contributed by atoms with van der Waals surface area (Å²) in [6.45, 7) is 9.51. The standard InChI is InChI=1S/C28H35N5O4/c1-3-36-23-8-9-25-24(16-23)28(30-21-15-26(34)29-17-21)32-27(31-25)20-6-4-7-22(14-20)37-12-5-10-33-11-13-35-18-19(33)2/h4,6-9,14,16,19,21H,3,5,10-13,15,17-18H2,1-2H3,(H,29,34)(H,30,31,32). The second-order valence-electron chi connectivity index (χ2n) is 9.55. The lowest BCUT2D eigenvalue weighted by Gasteiger charge is -2.33. The van der Waals surface area contributed by atoms with E-state index in [0.717, 1.165) is 60.7 Å². The van der Waals surface area contributed by atoms with E-state index in [-0.39, 0.29) is 11.9 Å². The van der Waals surface area contributed by atoms with Crippen LogP contribution in [0.2, 0.25) is 0 Å². The molecule has 2 unspecified atom stereocenters. The predicted molar refractivity (Wildman–Crippen MR) is 143 cm³/mol. The minimum absolute atomic E-state index is 0.0296. The maximum Gasteiger partial charge on any atom is 0.222 e. The third-order valence-corrected chi connectivity index (χ3v) is 6.75. The van der Waals surface area contributed by atoms with Crippen molar-refractivity contribution in [2.24, 2.45) is 0 Å². The van der Waals surface area contributed by atoms with E-state index >= 15 is 0 Å². The number of benzene rings is 2. The average Bonchev–Trinajstić information content (AvgIpc) is 3.32. The number of anilines is 1. The Bertz CT molecular complexity index is 1240. The topological polar surface area (TPSA) is 97.8 Å². The van der Waals surface area contributed by atoms with E-state index in [4.69, 9.17) is 24.2 Å². The molecule has 1 amide bonds. The van der Waals surface area contributed by atoms with Gasteiger partial charge < -0.3 is 24.8 Å². The second kappa shape index (κ2) is 11.7. The number of carbonyl (C=O) groups excluding carboxylic acids is 1. The second-order valence-corrected chi connectivity index (χ2v) is 9.55. The van der Waals surface area contributed by atoms with Gasteiger partial charge in [-0.2, -0.15) is 0 Å². The van der Waals surface area contributed by atoms with Gasteiger partial charge >= 0.3 is 0 Å². The number of fused-ring (bicyclic) bond motifs is 1. The summed E-state index contributed by atoms with van der Waals surface area (Å²) in [7, 11) is 0. The molecule has 1 aromatic heterocycles. The van der Waals surface area contributed by atoms with Gasteiger partial charge in [0, 0.05) is 43.0 Å². The summed E-state index contributed by atoms with van der Waals surface area (Å²) in [5, 5.41) is 7.19. The minimum Gasteiger partial charge on any atom is -0.494 e. The molecule has 2 fully saturated rings. The molecule has 37 heavy (non-hydrogen) atoms. The Hall–Kier alpha value is -3.43. The Kier molecular flexibility index (Phi) is 8.01. The Morgan fingerprint density at radius 2 is 2.05 bits per heavy atom. The fourth-order valence-corrected chi connectivity index (χ4v) is 4.78. The molecule has 5 rings (SSSR count). The van der Waals surface area contributed by atoms with Crippen LogP contribution in [0.1, 0.15) is 26.7 Å². The Morgan fingerprint density at radius 3 is 2.86 bits per heavy atom. The van der Waals surface area contributed by atoms with E-state index in [1.54, 1.807) is 0 Å². The lowest BCUT2D eigenvalue weighted by molar-refractivity contribution is -0.119. The molecule has 2 N–H and O–H groups in total. The zero-order valence-corrected chi connectivity index (χ0v) is 21.5. The molecular weight excluding hydrogens is 470 g/mol. The fraction of sp³-hybridized carbons (Fsp3) is 0.464. The van der Waals surface area contributed by atoms with Crippen molar-refractivity contribution in [1.82, 2.24) is 20.2 Å². The molecule has 3 heterocycles. The zero-order valence-electron chi connectivity index (χ0n) is 21.5. The Labute approximate surface area is 217 Å². The number of aromatic nitrogens is 2.